The summed E-state index contributed by atoms with van der Waals surface area (Å²) in [6.07, 6.45) is 5.99. The molecule has 3 aliphatic rings. The van der Waals surface area contributed by atoms with Gasteiger partial charge in [0.2, 0.25) is 0 Å². The summed E-state index contributed by atoms with van der Waals surface area (Å²) in [6, 6.07) is 8.06. The molecule has 4 nitrogen and oxygen atoms in total. The summed E-state index contributed by atoms with van der Waals surface area (Å²) in [5, 5.41) is 6.95. The van der Waals surface area contributed by atoms with Crippen LogP contribution >= 0.6 is 0 Å². The van der Waals surface area contributed by atoms with E-state index >= 15 is 0 Å². The smallest absolute Gasteiger partial charge is 0.150 e. The number of rotatable bonds is 4. The third-order valence-corrected chi connectivity index (χ3v) is 5.13. The van der Waals surface area contributed by atoms with Gasteiger partial charge in [0, 0.05) is 25.1 Å². The molecule has 3 unspecified atom stereocenters. The maximum atomic E-state index is 5.63. The van der Waals surface area contributed by atoms with Gasteiger partial charge in [-0.15, -0.1) is 0 Å². The maximum Gasteiger partial charge on any atom is 0.150 e. The third-order valence-electron chi connectivity index (χ3n) is 5.13. The van der Waals surface area contributed by atoms with E-state index in [1.54, 1.807) is 14.2 Å². The van der Waals surface area contributed by atoms with Gasteiger partial charge in [0.25, 0.3) is 0 Å². The maximum absolute atomic E-state index is 5.63. The van der Waals surface area contributed by atoms with Gasteiger partial charge in [-0.25, -0.2) is 0 Å². The summed E-state index contributed by atoms with van der Waals surface area (Å²) >= 11 is 0. The third kappa shape index (κ3) is 2.10. The number of hydrogen-bond acceptors (Lipinski definition) is 4. The number of hydrogen-bond donors (Lipinski definition) is 2. The first-order valence-corrected chi connectivity index (χ1v) is 7.94. The fourth-order valence-corrected chi connectivity index (χ4v) is 4.19. The van der Waals surface area contributed by atoms with Crippen LogP contribution in [0.5, 0.6) is 5.75 Å². The molecule has 1 saturated carbocycles. The number of methoxy groups -OCH3 is 2. The molecule has 0 spiro atoms. The van der Waals surface area contributed by atoms with Gasteiger partial charge in [0.15, 0.2) is 0 Å². The van der Waals surface area contributed by atoms with Gasteiger partial charge in [0.05, 0.1) is 12.8 Å². The molecule has 2 N–H and O–H groups in total. The van der Waals surface area contributed by atoms with Gasteiger partial charge in [-0.05, 0) is 54.4 Å². The van der Waals surface area contributed by atoms with Crippen molar-refractivity contribution in [2.45, 2.75) is 25.5 Å². The van der Waals surface area contributed by atoms with E-state index in [4.69, 9.17) is 9.47 Å². The molecule has 0 amide bonds. The molecule has 2 bridgehead atoms. The van der Waals surface area contributed by atoms with Crippen LogP contribution in [0.4, 0.5) is 5.69 Å². The molecule has 1 aliphatic heterocycles. The molecule has 4 rings (SSSR count). The van der Waals surface area contributed by atoms with Crippen LogP contribution < -0.4 is 15.4 Å². The highest BCUT2D eigenvalue weighted by Crippen LogP contribution is 2.53. The number of benzene rings is 1. The number of anilines is 1. The first-order valence-electron chi connectivity index (χ1n) is 7.94. The van der Waals surface area contributed by atoms with Crippen molar-refractivity contribution in [2.75, 3.05) is 19.5 Å². The lowest BCUT2D eigenvalue weighted by atomic mass is 9.87. The number of allylic oxidation sites excluding steroid dienone is 1. The van der Waals surface area contributed by atoms with E-state index in [9.17, 15) is 0 Å². The molecule has 1 fully saturated rings. The van der Waals surface area contributed by atoms with Crippen molar-refractivity contribution in [2.24, 2.45) is 11.8 Å². The average molecular weight is 298 g/mol. The zero-order chi connectivity index (χ0) is 15.1. The summed E-state index contributed by atoms with van der Waals surface area (Å²) in [7, 11) is 3.48. The molecule has 4 heteroatoms. The Morgan fingerprint density at radius 3 is 2.86 bits per heavy atom. The normalized spacial score (nSPS) is 29.0. The Balaban J connectivity index is 1.65. The van der Waals surface area contributed by atoms with Gasteiger partial charge < -0.3 is 20.1 Å². The number of dihydropyridines is 1. The van der Waals surface area contributed by atoms with Crippen molar-refractivity contribution in [1.29, 1.82) is 0 Å². The Hall–Kier alpha value is -1.94. The molecular formula is C18H22N2O2. The van der Waals surface area contributed by atoms with Gasteiger partial charge in [-0.3, -0.25) is 0 Å². The second-order valence-corrected chi connectivity index (χ2v) is 6.27. The van der Waals surface area contributed by atoms with Crippen LogP contribution in [0.25, 0.3) is 0 Å². The first kappa shape index (κ1) is 13.7. The first-order chi connectivity index (χ1) is 10.8. The molecular weight excluding hydrogens is 276 g/mol. The Labute approximate surface area is 131 Å². The predicted molar refractivity (Wildman–Crippen MR) is 86.5 cm³/mol. The number of nitrogens with one attached hydrogen (secondary N) is 2. The lowest BCUT2D eigenvalue weighted by Gasteiger charge is -2.32. The van der Waals surface area contributed by atoms with E-state index in [0.29, 0.717) is 11.8 Å². The van der Waals surface area contributed by atoms with E-state index in [1.165, 1.54) is 36.1 Å². The SMILES string of the molecule is COc1cccc(NC2=CNC(OC)C3=C2C2CCC3C2)c1. The summed E-state index contributed by atoms with van der Waals surface area (Å²) < 4.78 is 10.9. The molecule has 1 aromatic rings. The minimum absolute atomic E-state index is 0.0427. The van der Waals surface area contributed by atoms with E-state index < -0.39 is 0 Å². The summed E-state index contributed by atoms with van der Waals surface area (Å²) in [4.78, 5) is 0. The van der Waals surface area contributed by atoms with E-state index in [0.717, 1.165) is 11.4 Å². The fraction of sp³-hybridized carbons (Fsp3) is 0.444. The van der Waals surface area contributed by atoms with Crippen LogP contribution in [-0.4, -0.2) is 20.4 Å². The van der Waals surface area contributed by atoms with Crippen molar-refractivity contribution < 1.29 is 9.47 Å². The van der Waals surface area contributed by atoms with Gasteiger partial charge >= 0.3 is 0 Å². The molecule has 3 atom stereocenters. The van der Waals surface area contributed by atoms with Crippen LogP contribution in [0.1, 0.15) is 19.3 Å². The Bertz CT molecular complexity index is 650. The molecule has 0 saturated heterocycles. The van der Waals surface area contributed by atoms with Crippen LogP contribution in [-0.2, 0) is 4.74 Å². The number of fused-ring (bicyclic) bond motifs is 4. The second kappa shape index (κ2) is 5.36. The molecule has 0 aromatic heterocycles. The van der Waals surface area contributed by atoms with E-state index in [1.807, 2.05) is 18.2 Å². The van der Waals surface area contributed by atoms with Gasteiger partial charge in [-0.2, -0.15) is 0 Å². The Morgan fingerprint density at radius 2 is 2.05 bits per heavy atom. The standard InChI is InChI=1S/C18H22N2O2/c1-21-14-5-3-4-13(9-14)20-15-10-19-18(22-2)17-12-7-6-11(8-12)16(15)17/h3-5,9-12,18-20H,6-8H2,1-2H3. The monoisotopic (exact) mass is 298 g/mol. The molecule has 1 heterocycles. The Morgan fingerprint density at radius 1 is 1.18 bits per heavy atom. The zero-order valence-electron chi connectivity index (χ0n) is 13.1. The summed E-state index contributed by atoms with van der Waals surface area (Å²) in [5.41, 5.74) is 5.18. The van der Waals surface area contributed by atoms with Crippen LogP contribution in [0.2, 0.25) is 0 Å². The molecule has 0 radical (unpaired) electrons. The molecule has 2 aliphatic carbocycles. The van der Waals surface area contributed by atoms with E-state index in [-0.39, 0.29) is 6.23 Å². The average Bonchev–Trinajstić information content (AvgIpc) is 3.17. The quantitative estimate of drug-likeness (QED) is 0.895. The Kier molecular flexibility index (Phi) is 3.34. The fourth-order valence-electron chi connectivity index (χ4n) is 4.19. The lowest BCUT2D eigenvalue weighted by Crippen LogP contribution is -2.36. The predicted octanol–water partition coefficient (Wildman–Crippen LogP) is 3.25. The second-order valence-electron chi connectivity index (χ2n) is 6.27. The van der Waals surface area contributed by atoms with Crippen LogP contribution in [0.15, 0.2) is 47.3 Å². The molecule has 1 aromatic carbocycles. The van der Waals surface area contributed by atoms with Crippen molar-refractivity contribution in [3.63, 3.8) is 0 Å². The minimum atomic E-state index is 0.0427. The van der Waals surface area contributed by atoms with Crippen molar-refractivity contribution in [1.82, 2.24) is 5.32 Å². The lowest BCUT2D eigenvalue weighted by molar-refractivity contribution is 0.104. The van der Waals surface area contributed by atoms with Crippen molar-refractivity contribution in [3.8, 4) is 5.75 Å². The van der Waals surface area contributed by atoms with E-state index in [2.05, 4.69) is 22.9 Å². The highest BCUT2D eigenvalue weighted by Gasteiger charge is 2.44. The molecule has 22 heavy (non-hydrogen) atoms. The highest BCUT2D eigenvalue weighted by atomic mass is 16.5. The van der Waals surface area contributed by atoms with Crippen molar-refractivity contribution in [3.05, 3.63) is 47.3 Å². The number of ether oxygens (including phenoxy) is 2. The van der Waals surface area contributed by atoms with Crippen LogP contribution in [0.3, 0.4) is 0 Å². The zero-order valence-corrected chi connectivity index (χ0v) is 13.1. The highest BCUT2D eigenvalue weighted by molar-refractivity contribution is 5.59. The molecule has 116 valence electrons. The summed E-state index contributed by atoms with van der Waals surface area (Å²) in [5.74, 6) is 2.24. The van der Waals surface area contributed by atoms with Crippen LogP contribution in [0, 0.1) is 11.8 Å². The summed E-state index contributed by atoms with van der Waals surface area (Å²) in [6.45, 7) is 0. The topological polar surface area (TPSA) is 42.5 Å². The minimum Gasteiger partial charge on any atom is -0.497 e. The van der Waals surface area contributed by atoms with Crippen molar-refractivity contribution >= 4 is 5.69 Å². The largest absolute Gasteiger partial charge is 0.497 e. The van der Waals surface area contributed by atoms with Gasteiger partial charge in [0.1, 0.15) is 12.0 Å². The van der Waals surface area contributed by atoms with Gasteiger partial charge in [-0.1, -0.05) is 6.07 Å².